The molecule has 0 aromatic carbocycles. The van der Waals surface area contributed by atoms with Crippen LogP contribution in [0, 0.1) is 0 Å². The first kappa shape index (κ1) is 4.59. The lowest BCUT2D eigenvalue weighted by Crippen LogP contribution is -2.02. The zero-order valence-corrected chi connectivity index (χ0v) is 4.53. The fourth-order valence-corrected chi connectivity index (χ4v) is 0.756. The molecule has 0 unspecified atom stereocenters. The van der Waals surface area contributed by atoms with E-state index in [1.807, 2.05) is 11.6 Å². The number of hydrogen-bond donors (Lipinski definition) is 2. The molecule has 0 radical (unpaired) electrons. The Bertz CT molecular complexity index is 117. The second-order valence-electron chi connectivity index (χ2n) is 1.13. The molecule has 0 aromatic heterocycles. The molecule has 0 aliphatic carbocycles. The van der Waals surface area contributed by atoms with Crippen molar-refractivity contribution in [3.8, 4) is 0 Å². The van der Waals surface area contributed by atoms with Crippen molar-refractivity contribution in [2.45, 2.75) is 0 Å². The quantitative estimate of drug-likeness (QED) is 0.483. The molecule has 0 amide bonds. The largest absolute Gasteiger partial charge is 0.392 e. The van der Waals surface area contributed by atoms with Crippen molar-refractivity contribution < 1.29 is 0 Å². The number of nitrogens with one attached hydrogen (secondary N) is 1. The van der Waals surface area contributed by atoms with Gasteiger partial charge in [0.05, 0.1) is 5.03 Å². The summed E-state index contributed by atoms with van der Waals surface area (Å²) in [5, 5.41) is 5.55. The van der Waals surface area contributed by atoms with E-state index >= 15 is 0 Å². The van der Waals surface area contributed by atoms with Crippen molar-refractivity contribution in [1.82, 2.24) is 5.32 Å². The third kappa shape index (κ3) is 1.16. The van der Waals surface area contributed by atoms with Crippen LogP contribution in [-0.4, -0.2) is 0 Å². The molecule has 2 nitrogen and oxygen atoms in total. The summed E-state index contributed by atoms with van der Waals surface area (Å²) in [5.74, 6) is 0. The summed E-state index contributed by atoms with van der Waals surface area (Å²) in [5.41, 5.74) is 5.35. The number of hydrogen-bond acceptors (Lipinski definition) is 3. The first-order chi connectivity index (χ1) is 3.39. The zero-order valence-electron chi connectivity index (χ0n) is 3.72. The van der Waals surface area contributed by atoms with Gasteiger partial charge in [-0.1, -0.05) is 11.8 Å². The predicted molar refractivity (Wildman–Crippen MR) is 32.1 cm³/mol. The van der Waals surface area contributed by atoms with Gasteiger partial charge in [-0.2, -0.15) is 0 Å². The standard InChI is InChI=1S/C4H6N2S/c5-4-3-6-1-2-7-4/h1-3,6H,5H2. The van der Waals surface area contributed by atoms with Crippen molar-refractivity contribution in [2.24, 2.45) is 5.73 Å². The molecule has 1 rings (SSSR count). The highest BCUT2D eigenvalue weighted by Gasteiger charge is 1.87. The monoisotopic (exact) mass is 114 g/mol. The van der Waals surface area contributed by atoms with Gasteiger partial charge in [-0.05, 0) is 5.41 Å². The molecule has 1 heterocycles. The summed E-state index contributed by atoms with van der Waals surface area (Å²) < 4.78 is 0. The van der Waals surface area contributed by atoms with Crippen LogP contribution in [0.3, 0.4) is 0 Å². The number of rotatable bonds is 0. The van der Waals surface area contributed by atoms with Gasteiger partial charge in [0.1, 0.15) is 0 Å². The topological polar surface area (TPSA) is 38.0 Å². The van der Waals surface area contributed by atoms with Crippen LogP contribution >= 0.6 is 11.8 Å². The second kappa shape index (κ2) is 1.93. The van der Waals surface area contributed by atoms with E-state index in [0.29, 0.717) is 0 Å². The maximum Gasteiger partial charge on any atom is 0.0861 e. The minimum Gasteiger partial charge on any atom is -0.392 e. The van der Waals surface area contributed by atoms with E-state index in [1.54, 1.807) is 6.20 Å². The third-order valence-corrected chi connectivity index (χ3v) is 1.26. The molecular formula is C4H6N2S. The predicted octanol–water partition coefficient (Wildman–Crippen LogP) is 0.552. The molecule has 1 aliphatic rings. The van der Waals surface area contributed by atoms with Crippen molar-refractivity contribution in [3.63, 3.8) is 0 Å². The summed E-state index contributed by atoms with van der Waals surface area (Å²) in [6, 6.07) is 0. The van der Waals surface area contributed by atoms with Gasteiger partial charge >= 0.3 is 0 Å². The van der Waals surface area contributed by atoms with Gasteiger partial charge in [-0.3, -0.25) is 0 Å². The highest BCUT2D eigenvalue weighted by molar-refractivity contribution is 8.05. The van der Waals surface area contributed by atoms with Crippen LogP contribution in [0.15, 0.2) is 22.8 Å². The molecule has 7 heavy (non-hydrogen) atoms. The van der Waals surface area contributed by atoms with E-state index in [4.69, 9.17) is 5.73 Å². The van der Waals surface area contributed by atoms with Crippen molar-refractivity contribution in [3.05, 3.63) is 22.8 Å². The zero-order chi connectivity index (χ0) is 5.11. The Kier molecular flexibility index (Phi) is 1.26. The Morgan fingerprint density at radius 2 is 2.57 bits per heavy atom. The SMILES string of the molecule is NC1=CNC=CS1. The summed E-state index contributed by atoms with van der Waals surface area (Å²) in [4.78, 5) is 0. The van der Waals surface area contributed by atoms with Crippen molar-refractivity contribution in [2.75, 3.05) is 0 Å². The molecule has 0 spiro atoms. The van der Waals surface area contributed by atoms with Gasteiger partial charge in [0.2, 0.25) is 0 Å². The van der Waals surface area contributed by atoms with Crippen molar-refractivity contribution >= 4 is 11.8 Å². The molecule has 1 aliphatic heterocycles. The van der Waals surface area contributed by atoms with E-state index in [9.17, 15) is 0 Å². The van der Waals surface area contributed by atoms with Crippen LogP contribution in [0.4, 0.5) is 0 Å². The molecule has 3 heteroatoms. The highest BCUT2D eigenvalue weighted by Crippen LogP contribution is 2.11. The van der Waals surface area contributed by atoms with E-state index in [0.717, 1.165) is 5.03 Å². The third-order valence-electron chi connectivity index (χ3n) is 0.594. The van der Waals surface area contributed by atoms with E-state index in [1.165, 1.54) is 11.8 Å². The first-order valence-corrected chi connectivity index (χ1v) is 2.81. The lowest BCUT2D eigenvalue weighted by atomic mass is 10.8. The van der Waals surface area contributed by atoms with Crippen LogP contribution in [0.25, 0.3) is 0 Å². The van der Waals surface area contributed by atoms with Gasteiger partial charge in [0, 0.05) is 12.4 Å². The maximum atomic E-state index is 5.35. The van der Waals surface area contributed by atoms with Gasteiger partial charge in [-0.15, -0.1) is 0 Å². The van der Waals surface area contributed by atoms with Crippen LogP contribution in [0.5, 0.6) is 0 Å². The normalized spacial score (nSPS) is 18.0. The van der Waals surface area contributed by atoms with E-state index in [-0.39, 0.29) is 0 Å². The summed E-state index contributed by atoms with van der Waals surface area (Å²) in [6.07, 6.45) is 3.59. The van der Waals surface area contributed by atoms with Gasteiger partial charge in [0.15, 0.2) is 0 Å². The molecular weight excluding hydrogens is 108 g/mol. The Morgan fingerprint density at radius 3 is 2.86 bits per heavy atom. The minimum atomic E-state index is 0.808. The minimum absolute atomic E-state index is 0.808. The molecule has 0 aromatic rings. The summed E-state index contributed by atoms with van der Waals surface area (Å²) in [7, 11) is 0. The highest BCUT2D eigenvalue weighted by atomic mass is 32.2. The van der Waals surface area contributed by atoms with Gasteiger partial charge < -0.3 is 11.1 Å². The van der Waals surface area contributed by atoms with E-state index < -0.39 is 0 Å². The molecule has 0 atom stereocenters. The van der Waals surface area contributed by atoms with Crippen LogP contribution in [0.1, 0.15) is 0 Å². The number of nitrogens with two attached hydrogens (primary N) is 1. The summed E-state index contributed by atoms with van der Waals surface area (Å²) in [6.45, 7) is 0. The lowest BCUT2D eigenvalue weighted by molar-refractivity contribution is 1.17. The maximum absolute atomic E-state index is 5.35. The van der Waals surface area contributed by atoms with E-state index in [2.05, 4.69) is 5.32 Å². The molecule has 0 fully saturated rings. The van der Waals surface area contributed by atoms with Crippen molar-refractivity contribution in [1.29, 1.82) is 0 Å². The molecule has 0 saturated carbocycles. The van der Waals surface area contributed by atoms with Gasteiger partial charge in [-0.25, -0.2) is 0 Å². The number of thioether (sulfide) groups is 1. The first-order valence-electron chi connectivity index (χ1n) is 1.93. The average Bonchev–Trinajstić information content (AvgIpc) is 1.69. The Morgan fingerprint density at radius 1 is 1.71 bits per heavy atom. The van der Waals surface area contributed by atoms with Gasteiger partial charge in [0.25, 0.3) is 0 Å². The molecule has 3 N–H and O–H groups in total. The fraction of sp³-hybridized carbons (Fsp3) is 0. The Hall–Kier alpha value is -0.570. The second-order valence-corrected chi connectivity index (χ2v) is 2.11. The average molecular weight is 114 g/mol. The van der Waals surface area contributed by atoms with Crippen LogP contribution in [0.2, 0.25) is 0 Å². The smallest absolute Gasteiger partial charge is 0.0861 e. The fourth-order valence-electron chi connectivity index (χ4n) is 0.316. The lowest BCUT2D eigenvalue weighted by Gasteiger charge is -1.99. The molecule has 0 bridgehead atoms. The van der Waals surface area contributed by atoms with Crippen LogP contribution in [-0.2, 0) is 0 Å². The summed E-state index contributed by atoms with van der Waals surface area (Å²) >= 11 is 1.51. The Balaban J connectivity index is 2.50. The molecule has 0 saturated heterocycles. The Labute approximate surface area is 46.5 Å². The molecule has 38 valence electrons. The van der Waals surface area contributed by atoms with Crippen LogP contribution < -0.4 is 11.1 Å².